The molecule has 1 aliphatic rings. The van der Waals surface area contributed by atoms with Gasteiger partial charge in [0.1, 0.15) is 6.54 Å². The number of halogens is 3. The molecule has 0 atom stereocenters. The zero-order valence-corrected chi connectivity index (χ0v) is 15.4. The molecule has 27 heavy (non-hydrogen) atoms. The number of aliphatic imine (C=N–C) groups is 1. The first-order valence-electron chi connectivity index (χ1n) is 8.76. The van der Waals surface area contributed by atoms with E-state index in [-0.39, 0.29) is 12.5 Å². The van der Waals surface area contributed by atoms with Crippen LogP contribution in [0.5, 0.6) is 0 Å². The van der Waals surface area contributed by atoms with E-state index in [0.29, 0.717) is 44.2 Å². The lowest BCUT2D eigenvalue weighted by Gasteiger charge is -2.36. The Hall–Kier alpha value is -2.69. The highest BCUT2D eigenvalue weighted by Crippen LogP contribution is 2.29. The topological polar surface area (TPSA) is 47.9 Å². The molecular weight excluding hydrogens is 357 g/mol. The first kappa shape index (κ1) is 20.6. The van der Waals surface area contributed by atoms with Crippen LogP contribution in [0.1, 0.15) is 25.0 Å². The first-order chi connectivity index (χ1) is 12.8. The summed E-state index contributed by atoms with van der Waals surface area (Å²) in [6.07, 6.45) is -4.38. The minimum absolute atomic E-state index is 0.0588. The number of carbonyl (C=O) groups is 1. The van der Waals surface area contributed by atoms with Crippen LogP contribution in [-0.4, -0.2) is 60.9 Å². The molecule has 0 aliphatic carbocycles. The number of guanidine groups is 1. The summed E-state index contributed by atoms with van der Waals surface area (Å²) in [7, 11) is 0. The van der Waals surface area contributed by atoms with Gasteiger partial charge in [0, 0.05) is 45.2 Å². The van der Waals surface area contributed by atoms with Crippen LogP contribution in [0.15, 0.2) is 29.3 Å². The van der Waals surface area contributed by atoms with Gasteiger partial charge in [0.05, 0.1) is 5.56 Å². The van der Waals surface area contributed by atoms with Gasteiger partial charge in [0.25, 0.3) is 0 Å². The van der Waals surface area contributed by atoms with Crippen LogP contribution >= 0.6 is 0 Å². The summed E-state index contributed by atoms with van der Waals surface area (Å²) in [5, 5.41) is 3.18. The fourth-order valence-corrected chi connectivity index (χ4v) is 2.69. The number of alkyl halides is 3. The average molecular weight is 380 g/mol. The Morgan fingerprint density at radius 3 is 2.48 bits per heavy atom. The van der Waals surface area contributed by atoms with E-state index in [0.717, 1.165) is 12.1 Å². The number of hydrogen-bond acceptors (Lipinski definition) is 2. The quantitative estimate of drug-likeness (QED) is 0.486. The molecule has 1 aromatic rings. The van der Waals surface area contributed by atoms with E-state index >= 15 is 0 Å². The molecule has 0 spiro atoms. The van der Waals surface area contributed by atoms with Crippen molar-refractivity contribution in [3.63, 3.8) is 0 Å². The van der Waals surface area contributed by atoms with Gasteiger partial charge in [-0.05, 0) is 25.1 Å². The second-order valence-corrected chi connectivity index (χ2v) is 6.04. The van der Waals surface area contributed by atoms with Gasteiger partial charge in [-0.1, -0.05) is 17.9 Å². The molecule has 8 heteroatoms. The normalized spacial score (nSPS) is 15.2. The van der Waals surface area contributed by atoms with Crippen molar-refractivity contribution in [1.82, 2.24) is 15.1 Å². The molecule has 2 rings (SSSR count). The minimum Gasteiger partial charge on any atom is -0.356 e. The molecule has 0 radical (unpaired) electrons. The van der Waals surface area contributed by atoms with Crippen LogP contribution in [0.3, 0.4) is 0 Å². The third kappa shape index (κ3) is 6.20. The molecule has 1 amide bonds. The van der Waals surface area contributed by atoms with E-state index in [9.17, 15) is 18.0 Å². The number of carbonyl (C=O) groups excluding carboxylic acids is 1. The number of rotatable bonds is 2. The smallest absolute Gasteiger partial charge is 0.356 e. The van der Waals surface area contributed by atoms with Crippen molar-refractivity contribution in [2.24, 2.45) is 4.99 Å². The predicted octanol–water partition coefficient (Wildman–Crippen LogP) is 2.19. The third-order valence-electron chi connectivity index (χ3n) is 4.09. The summed E-state index contributed by atoms with van der Waals surface area (Å²) >= 11 is 0. The molecule has 1 saturated heterocycles. The van der Waals surface area contributed by atoms with Crippen molar-refractivity contribution < 1.29 is 18.0 Å². The van der Waals surface area contributed by atoms with Gasteiger partial charge in [-0.25, -0.2) is 4.99 Å². The van der Waals surface area contributed by atoms with Crippen LogP contribution in [-0.2, 0) is 11.0 Å². The second-order valence-electron chi connectivity index (χ2n) is 6.04. The third-order valence-corrected chi connectivity index (χ3v) is 4.09. The Labute approximate surface area is 157 Å². The Morgan fingerprint density at radius 1 is 1.22 bits per heavy atom. The zero-order chi connectivity index (χ0) is 19.9. The monoisotopic (exact) mass is 380 g/mol. The lowest BCUT2D eigenvalue weighted by molar-refractivity contribution is -0.137. The maximum atomic E-state index is 12.7. The van der Waals surface area contributed by atoms with Gasteiger partial charge >= 0.3 is 6.18 Å². The molecule has 0 unspecified atom stereocenters. The van der Waals surface area contributed by atoms with Crippen LogP contribution in [0.2, 0.25) is 0 Å². The minimum atomic E-state index is -4.38. The highest BCUT2D eigenvalue weighted by atomic mass is 19.4. The molecular formula is C19H23F3N4O. The highest BCUT2D eigenvalue weighted by molar-refractivity contribution is 5.80. The standard InChI is InChI=1S/C19H23F3N4O/c1-3-23-18(26-12-10-25(11-13-26)15(2)27)24-9-5-7-16-6-4-8-17(14-16)19(20,21)22/h4,6,8,14H,3,9-13H2,1-2H3,(H,23,24). The Bertz CT molecular complexity index is 741. The number of nitrogens with zero attached hydrogens (tertiary/aromatic N) is 3. The average Bonchev–Trinajstić information content (AvgIpc) is 2.64. The summed E-state index contributed by atoms with van der Waals surface area (Å²) in [5.41, 5.74) is -0.408. The van der Waals surface area contributed by atoms with Gasteiger partial charge in [-0.15, -0.1) is 0 Å². The fraction of sp³-hybridized carbons (Fsp3) is 0.474. The second kappa shape index (κ2) is 9.31. The van der Waals surface area contributed by atoms with E-state index < -0.39 is 11.7 Å². The molecule has 1 heterocycles. The predicted molar refractivity (Wildman–Crippen MR) is 98.1 cm³/mol. The van der Waals surface area contributed by atoms with Crippen molar-refractivity contribution >= 4 is 11.9 Å². The van der Waals surface area contributed by atoms with E-state index in [2.05, 4.69) is 27.0 Å². The lowest BCUT2D eigenvalue weighted by atomic mass is 10.1. The first-order valence-corrected chi connectivity index (χ1v) is 8.76. The number of nitrogens with one attached hydrogen (secondary N) is 1. The SMILES string of the molecule is CCNC(=NCC#Cc1cccc(C(F)(F)F)c1)N1CCN(C(C)=O)CC1. The molecule has 1 aromatic carbocycles. The van der Waals surface area contributed by atoms with Gasteiger partial charge in [0.15, 0.2) is 5.96 Å². The van der Waals surface area contributed by atoms with Crippen LogP contribution < -0.4 is 5.32 Å². The Kier molecular flexibility index (Phi) is 7.11. The van der Waals surface area contributed by atoms with Gasteiger partial charge in [-0.2, -0.15) is 13.2 Å². The fourth-order valence-electron chi connectivity index (χ4n) is 2.69. The molecule has 0 bridgehead atoms. The van der Waals surface area contributed by atoms with Crippen molar-refractivity contribution in [3.8, 4) is 11.8 Å². The Balaban J connectivity index is 2.01. The van der Waals surface area contributed by atoms with Crippen molar-refractivity contribution in [1.29, 1.82) is 0 Å². The maximum Gasteiger partial charge on any atom is 0.416 e. The summed E-state index contributed by atoms with van der Waals surface area (Å²) in [5.74, 6) is 6.27. The van der Waals surface area contributed by atoms with Crippen molar-refractivity contribution in [2.45, 2.75) is 20.0 Å². The number of piperazine rings is 1. The van der Waals surface area contributed by atoms with Crippen LogP contribution in [0.25, 0.3) is 0 Å². The highest BCUT2D eigenvalue weighted by Gasteiger charge is 2.30. The van der Waals surface area contributed by atoms with Crippen molar-refractivity contribution in [2.75, 3.05) is 39.3 Å². The largest absolute Gasteiger partial charge is 0.416 e. The summed E-state index contributed by atoms with van der Waals surface area (Å²) < 4.78 is 38.2. The molecule has 5 nitrogen and oxygen atoms in total. The number of amides is 1. The van der Waals surface area contributed by atoms with Gasteiger partial charge in [0.2, 0.25) is 5.91 Å². The van der Waals surface area contributed by atoms with Crippen LogP contribution in [0, 0.1) is 11.8 Å². The number of benzene rings is 1. The van der Waals surface area contributed by atoms with E-state index in [1.807, 2.05) is 6.92 Å². The molecule has 0 saturated carbocycles. The van der Waals surface area contributed by atoms with E-state index in [1.165, 1.54) is 12.1 Å². The van der Waals surface area contributed by atoms with Gasteiger partial charge in [-0.3, -0.25) is 4.79 Å². The molecule has 1 aliphatic heterocycles. The molecule has 146 valence electrons. The van der Waals surface area contributed by atoms with E-state index in [1.54, 1.807) is 11.8 Å². The zero-order valence-electron chi connectivity index (χ0n) is 15.4. The summed E-state index contributed by atoms with van der Waals surface area (Å²) in [4.78, 5) is 19.7. The maximum absolute atomic E-state index is 12.7. The van der Waals surface area contributed by atoms with Crippen LogP contribution in [0.4, 0.5) is 13.2 Å². The van der Waals surface area contributed by atoms with Gasteiger partial charge < -0.3 is 15.1 Å². The molecule has 1 N–H and O–H groups in total. The molecule has 0 aromatic heterocycles. The Morgan fingerprint density at radius 2 is 1.89 bits per heavy atom. The number of hydrogen-bond donors (Lipinski definition) is 1. The van der Waals surface area contributed by atoms with Crippen molar-refractivity contribution in [3.05, 3.63) is 35.4 Å². The summed E-state index contributed by atoms with van der Waals surface area (Å²) in [6, 6.07) is 4.93. The lowest BCUT2D eigenvalue weighted by Crippen LogP contribution is -2.53. The molecule has 1 fully saturated rings. The van der Waals surface area contributed by atoms with E-state index in [4.69, 9.17) is 0 Å². The summed E-state index contributed by atoms with van der Waals surface area (Å²) in [6.45, 7) is 6.98.